The Hall–Kier alpha value is -1.94. The maximum absolute atomic E-state index is 11.5. The van der Waals surface area contributed by atoms with Gasteiger partial charge in [0.1, 0.15) is 10.6 Å². The van der Waals surface area contributed by atoms with Crippen molar-refractivity contribution < 1.29 is 31.0 Å². The highest BCUT2D eigenvalue weighted by molar-refractivity contribution is 7.89. The van der Waals surface area contributed by atoms with Crippen LogP contribution in [-0.4, -0.2) is 31.0 Å². The Bertz CT molecular complexity index is 885. The van der Waals surface area contributed by atoms with Crippen LogP contribution in [0.5, 0.6) is 5.75 Å². The molecular formula is C12H10O7S2. The summed E-state index contributed by atoms with van der Waals surface area (Å²) in [4.78, 5) is -2.33. The first-order valence-corrected chi connectivity index (χ1v) is 8.37. The van der Waals surface area contributed by atoms with E-state index < -0.39 is 35.8 Å². The van der Waals surface area contributed by atoms with Gasteiger partial charge < -0.3 is 5.11 Å². The zero-order valence-electron chi connectivity index (χ0n) is 10.3. The zero-order chi connectivity index (χ0) is 15.8. The molecule has 0 aliphatic carbocycles. The fourth-order valence-electron chi connectivity index (χ4n) is 1.90. The first-order chi connectivity index (χ1) is 9.62. The molecule has 0 radical (unpaired) electrons. The number of hydrogen-bond acceptors (Lipinski definition) is 5. The van der Waals surface area contributed by atoms with Crippen LogP contribution in [0.15, 0.2) is 52.3 Å². The lowest BCUT2D eigenvalue weighted by Gasteiger charge is -2.12. The third-order valence-corrected chi connectivity index (χ3v) is 4.69. The molecule has 3 N–H and O–H groups in total. The average molecular weight is 330 g/mol. The van der Waals surface area contributed by atoms with Crippen LogP contribution in [-0.2, 0) is 20.2 Å². The molecule has 0 saturated carbocycles. The van der Waals surface area contributed by atoms with E-state index >= 15 is 0 Å². The lowest BCUT2D eigenvalue weighted by atomic mass is 10.1. The highest BCUT2D eigenvalue weighted by Gasteiger charge is 2.31. The number of hydrogen-bond donors (Lipinski definition) is 3. The first kappa shape index (κ1) is 15.4. The van der Waals surface area contributed by atoms with Crippen LogP contribution in [0.2, 0.25) is 0 Å². The molecule has 0 heterocycles. The minimum Gasteiger partial charge on any atom is -0.506 e. The van der Waals surface area contributed by atoms with E-state index in [4.69, 9.17) is 4.55 Å². The van der Waals surface area contributed by atoms with Crippen LogP contribution in [0.25, 0.3) is 11.1 Å². The van der Waals surface area contributed by atoms with Gasteiger partial charge in [-0.3, -0.25) is 9.11 Å². The van der Waals surface area contributed by atoms with Gasteiger partial charge >= 0.3 is 0 Å². The molecule has 0 unspecified atom stereocenters. The van der Waals surface area contributed by atoms with E-state index in [9.17, 15) is 26.5 Å². The van der Waals surface area contributed by atoms with Gasteiger partial charge in [0.25, 0.3) is 20.2 Å². The molecule has 0 saturated heterocycles. The molecule has 0 spiro atoms. The van der Waals surface area contributed by atoms with Crippen LogP contribution >= 0.6 is 0 Å². The molecule has 112 valence electrons. The fourth-order valence-corrected chi connectivity index (χ4v) is 4.01. The molecule has 0 aliphatic rings. The number of phenols is 1. The standard InChI is InChI=1S/C12H10O7S2/c13-10-7-6-9(8-4-2-1-3-5-8)11(20(14,15)16)12(10)21(17,18)19/h1-7,13H,(H,14,15,16)(H,17,18,19). The van der Waals surface area contributed by atoms with Crippen molar-refractivity contribution in [3.63, 3.8) is 0 Å². The third kappa shape index (κ3) is 3.05. The van der Waals surface area contributed by atoms with E-state index in [0.29, 0.717) is 0 Å². The van der Waals surface area contributed by atoms with Gasteiger partial charge in [-0.05, 0) is 17.7 Å². The summed E-state index contributed by atoms with van der Waals surface area (Å²) in [5, 5.41) is 9.55. The van der Waals surface area contributed by atoms with Crippen molar-refractivity contribution in [2.24, 2.45) is 0 Å². The molecule has 2 aromatic rings. The highest BCUT2D eigenvalue weighted by atomic mass is 32.2. The summed E-state index contributed by atoms with van der Waals surface area (Å²) < 4.78 is 64.1. The number of phenolic OH excluding ortho intramolecular Hbond substituents is 1. The molecule has 0 aliphatic heterocycles. The summed E-state index contributed by atoms with van der Waals surface area (Å²) in [6.07, 6.45) is 0. The van der Waals surface area contributed by atoms with Crippen molar-refractivity contribution in [1.82, 2.24) is 0 Å². The average Bonchev–Trinajstić information content (AvgIpc) is 2.37. The Labute approximate surface area is 121 Å². The van der Waals surface area contributed by atoms with Gasteiger partial charge in [0, 0.05) is 5.56 Å². The first-order valence-electron chi connectivity index (χ1n) is 5.49. The van der Waals surface area contributed by atoms with Gasteiger partial charge in [-0.15, -0.1) is 0 Å². The minimum atomic E-state index is -5.07. The lowest BCUT2D eigenvalue weighted by Crippen LogP contribution is -2.10. The Morgan fingerprint density at radius 1 is 0.714 bits per heavy atom. The molecule has 21 heavy (non-hydrogen) atoms. The number of benzene rings is 2. The van der Waals surface area contributed by atoms with Crippen molar-refractivity contribution in [1.29, 1.82) is 0 Å². The van der Waals surface area contributed by atoms with Crippen LogP contribution in [0.3, 0.4) is 0 Å². The Morgan fingerprint density at radius 3 is 1.71 bits per heavy atom. The molecule has 7 nitrogen and oxygen atoms in total. The van der Waals surface area contributed by atoms with Gasteiger partial charge in [0.05, 0.1) is 0 Å². The fraction of sp³-hybridized carbons (Fsp3) is 0. The van der Waals surface area contributed by atoms with Gasteiger partial charge in [-0.1, -0.05) is 30.3 Å². The molecule has 9 heteroatoms. The van der Waals surface area contributed by atoms with Crippen LogP contribution < -0.4 is 0 Å². The normalized spacial score (nSPS) is 12.3. The number of rotatable bonds is 3. The van der Waals surface area contributed by atoms with Gasteiger partial charge in [-0.2, -0.15) is 16.8 Å². The van der Waals surface area contributed by atoms with Crippen molar-refractivity contribution in [2.45, 2.75) is 9.79 Å². The Kier molecular flexibility index (Phi) is 3.76. The van der Waals surface area contributed by atoms with Crippen molar-refractivity contribution in [3.8, 4) is 16.9 Å². The quantitative estimate of drug-likeness (QED) is 0.728. The summed E-state index contributed by atoms with van der Waals surface area (Å²) in [6.45, 7) is 0. The number of aromatic hydroxyl groups is 1. The minimum absolute atomic E-state index is 0.163. The van der Waals surface area contributed by atoms with E-state index in [2.05, 4.69) is 0 Å². The van der Waals surface area contributed by atoms with E-state index in [1.807, 2.05) is 0 Å². The highest BCUT2D eigenvalue weighted by Crippen LogP contribution is 2.37. The second-order valence-corrected chi connectivity index (χ2v) is 6.82. The molecule has 2 rings (SSSR count). The molecule has 2 aromatic carbocycles. The van der Waals surface area contributed by atoms with Crippen molar-refractivity contribution in [3.05, 3.63) is 42.5 Å². The smallest absolute Gasteiger partial charge is 0.299 e. The summed E-state index contributed by atoms with van der Waals surface area (Å²) in [5.41, 5.74) is 0.124. The largest absolute Gasteiger partial charge is 0.506 e. The van der Waals surface area contributed by atoms with Crippen LogP contribution in [0.4, 0.5) is 0 Å². The molecule has 0 amide bonds. The predicted octanol–water partition coefficient (Wildman–Crippen LogP) is 1.55. The van der Waals surface area contributed by atoms with Gasteiger partial charge in [-0.25, -0.2) is 0 Å². The summed E-state index contributed by atoms with van der Waals surface area (Å²) in [7, 11) is -10.1. The van der Waals surface area contributed by atoms with E-state index in [0.717, 1.165) is 12.1 Å². The summed E-state index contributed by atoms with van der Waals surface area (Å²) in [6, 6.07) is 9.80. The molecule has 0 bridgehead atoms. The van der Waals surface area contributed by atoms with E-state index in [1.165, 1.54) is 12.1 Å². The van der Waals surface area contributed by atoms with E-state index in [1.54, 1.807) is 18.2 Å². The molecule has 0 fully saturated rings. The van der Waals surface area contributed by atoms with E-state index in [-0.39, 0.29) is 11.1 Å². The topological polar surface area (TPSA) is 129 Å². The molecular weight excluding hydrogens is 320 g/mol. The Balaban J connectivity index is 3.00. The molecule has 0 aromatic heterocycles. The maximum Gasteiger partial charge on any atom is 0.299 e. The van der Waals surface area contributed by atoms with Gasteiger partial charge in [0.2, 0.25) is 0 Å². The van der Waals surface area contributed by atoms with Crippen molar-refractivity contribution >= 4 is 20.2 Å². The van der Waals surface area contributed by atoms with Crippen LogP contribution in [0.1, 0.15) is 0 Å². The second kappa shape index (κ2) is 5.11. The lowest BCUT2D eigenvalue weighted by molar-refractivity contribution is 0.431. The Morgan fingerprint density at radius 2 is 1.24 bits per heavy atom. The molecule has 0 atom stereocenters. The predicted molar refractivity (Wildman–Crippen MR) is 73.2 cm³/mol. The monoisotopic (exact) mass is 330 g/mol. The maximum atomic E-state index is 11.5. The SMILES string of the molecule is O=S(=O)(O)c1c(O)ccc(-c2ccccc2)c1S(=O)(=O)O. The summed E-state index contributed by atoms with van der Waals surface area (Å²) in [5.74, 6) is -0.982. The van der Waals surface area contributed by atoms with Crippen molar-refractivity contribution in [2.75, 3.05) is 0 Å². The second-order valence-electron chi connectivity index (χ2n) is 4.11. The van der Waals surface area contributed by atoms with Crippen LogP contribution in [0, 0.1) is 0 Å². The third-order valence-electron chi connectivity index (χ3n) is 2.69. The summed E-state index contributed by atoms with van der Waals surface area (Å²) >= 11 is 0. The zero-order valence-corrected chi connectivity index (χ0v) is 12.0. The van der Waals surface area contributed by atoms with Gasteiger partial charge in [0.15, 0.2) is 4.90 Å².